The van der Waals surface area contributed by atoms with Crippen molar-refractivity contribution < 1.29 is 31.1 Å². The number of hydrogen-bond donors (Lipinski definition) is 0. The number of halogens is 7. The summed E-state index contributed by atoms with van der Waals surface area (Å²) in [6, 6.07) is 5.70. The van der Waals surface area contributed by atoms with Crippen molar-refractivity contribution in [1.29, 1.82) is 0 Å². The van der Waals surface area contributed by atoms with Crippen molar-refractivity contribution in [2.75, 3.05) is 18.0 Å². The van der Waals surface area contributed by atoms with Gasteiger partial charge in [-0.15, -0.1) is 0 Å². The predicted molar refractivity (Wildman–Crippen MR) is 99.2 cm³/mol. The molecule has 10 heteroatoms. The molecule has 0 aliphatic carbocycles. The molecule has 0 spiro atoms. The number of alkyl halides is 7. The molecule has 1 aliphatic heterocycles. The van der Waals surface area contributed by atoms with Gasteiger partial charge in [-0.3, -0.25) is 0 Å². The van der Waals surface area contributed by atoms with Crippen LogP contribution < -0.4 is 9.64 Å². The molecular weight excluding hydrogens is 466 g/mol. The number of aromatic nitrogens is 1. The van der Waals surface area contributed by atoms with E-state index in [4.69, 9.17) is 4.74 Å². The first kappa shape index (κ1) is 21.7. The highest BCUT2D eigenvalue weighted by Crippen LogP contribution is 2.34. The first-order valence-electron chi connectivity index (χ1n) is 8.79. The highest BCUT2D eigenvalue weighted by atomic mass is 79.9. The Kier molecular flexibility index (Phi) is 6.30. The average molecular weight is 483 g/mol. The Morgan fingerprint density at radius 2 is 1.59 bits per heavy atom. The lowest BCUT2D eigenvalue weighted by Gasteiger charge is -2.33. The molecule has 1 aliphatic rings. The van der Waals surface area contributed by atoms with E-state index >= 15 is 0 Å². The summed E-state index contributed by atoms with van der Waals surface area (Å²) in [4.78, 5) is 5.75. The van der Waals surface area contributed by atoms with E-state index in [1.165, 1.54) is 12.1 Å². The van der Waals surface area contributed by atoms with E-state index in [1.807, 2.05) is 4.90 Å². The standard InChI is InChI=1S/C19H17BrF6N2O/c20-10-12-9-13(18(21,22)23)1-3-16(12)29-15-5-7-28(8-6-15)17-4-2-14(11-27-17)19(24,25)26/h1-4,9,11,15H,5-8,10H2. The van der Waals surface area contributed by atoms with Crippen molar-refractivity contribution >= 4 is 21.7 Å². The van der Waals surface area contributed by atoms with Crippen LogP contribution in [0.1, 0.15) is 29.5 Å². The topological polar surface area (TPSA) is 25.4 Å². The molecule has 0 N–H and O–H groups in total. The molecule has 0 saturated carbocycles. The molecule has 29 heavy (non-hydrogen) atoms. The highest BCUT2D eigenvalue weighted by Gasteiger charge is 2.32. The smallest absolute Gasteiger partial charge is 0.417 e. The molecule has 1 aromatic carbocycles. The van der Waals surface area contributed by atoms with Gasteiger partial charge in [0.15, 0.2) is 0 Å². The second-order valence-corrected chi connectivity index (χ2v) is 7.22. The van der Waals surface area contributed by atoms with Crippen LogP contribution in [0.3, 0.4) is 0 Å². The molecule has 0 atom stereocenters. The predicted octanol–water partition coefficient (Wildman–Crippen LogP) is 6.06. The number of hydrogen-bond acceptors (Lipinski definition) is 3. The Bertz CT molecular complexity index is 830. The quantitative estimate of drug-likeness (QED) is 0.391. The molecule has 3 rings (SSSR count). The fraction of sp³-hybridized carbons (Fsp3) is 0.421. The summed E-state index contributed by atoms with van der Waals surface area (Å²) in [5.41, 5.74) is -1.13. The van der Waals surface area contributed by atoms with Crippen LogP contribution in [0.4, 0.5) is 32.2 Å². The van der Waals surface area contributed by atoms with E-state index in [-0.39, 0.29) is 11.4 Å². The van der Waals surface area contributed by atoms with Gasteiger partial charge in [-0.1, -0.05) is 15.9 Å². The monoisotopic (exact) mass is 482 g/mol. The Balaban J connectivity index is 1.61. The van der Waals surface area contributed by atoms with Gasteiger partial charge >= 0.3 is 12.4 Å². The Morgan fingerprint density at radius 1 is 0.966 bits per heavy atom. The second-order valence-electron chi connectivity index (χ2n) is 6.66. The van der Waals surface area contributed by atoms with Gasteiger partial charge in [-0.05, 0) is 30.3 Å². The fourth-order valence-corrected chi connectivity index (χ4v) is 3.54. The number of benzene rings is 1. The van der Waals surface area contributed by atoms with E-state index in [0.717, 1.165) is 24.4 Å². The van der Waals surface area contributed by atoms with E-state index < -0.39 is 23.5 Å². The minimum atomic E-state index is -4.43. The van der Waals surface area contributed by atoms with Crippen molar-refractivity contribution in [2.24, 2.45) is 0 Å². The van der Waals surface area contributed by atoms with Crippen LogP contribution in [0.15, 0.2) is 36.5 Å². The summed E-state index contributed by atoms with van der Waals surface area (Å²) in [5.74, 6) is 0.841. The largest absolute Gasteiger partial charge is 0.490 e. The maximum absolute atomic E-state index is 12.9. The third kappa shape index (κ3) is 5.34. The number of nitrogens with zero attached hydrogens (tertiary/aromatic N) is 2. The molecule has 2 heterocycles. The second kappa shape index (κ2) is 8.41. The third-order valence-corrected chi connectivity index (χ3v) is 5.27. The Labute approximate surface area is 171 Å². The molecule has 0 bridgehead atoms. The first-order chi connectivity index (χ1) is 13.6. The van der Waals surface area contributed by atoms with Crippen molar-refractivity contribution in [3.8, 4) is 5.75 Å². The van der Waals surface area contributed by atoms with Crippen LogP contribution in [0, 0.1) is 0 Å². The van der Waals surface area contributed by atoms with Crippen molar-refractivity contribution in [3.63, 3.8) is 0 Å². The van der Waals surface area contributed by atoms with Gasteiger partial charge in [0.05, 0.1) is 11.1 Å². The molecule has 0 amide bonds. The van der Waals surface area contributed by atoms with Crippen LogP contribution in [-0.4, -0.2) is 24.2 Å². The van der Waals surface area contributed by atoms with Gasteiger partial charge < -0.3 is 9.64 Å². The lowest BCUT2D eigenvalue weighted by atomic mass is 10.1. The molecule has 1 fully saturated rings. The molecule has 2 aromatic rings. The van der Waals surface area contributed by atoms with E-state index in [0.29, 0.717) is 43.1 Å². The zero-order chi connectivity index (χ0) is 21.2. The zero-order valence-electron chi connectivity index (χ0n) is 15.0. The summed E-state index contributed by atoms with van der Waals surface area (Å²) in [6.07, 6.45) is -7.09. The molecule has 0 unspecified atom stereocenters. The SMILES string of the molecule is FC(F)(F)c1ccc(N2CCC(Oc3ccc(C(F)(F)F)cc3CBr)CC2)nc1. The van der Waals surface area contributed by atoms with Gasteiger partial charge in [0.1, 0.15) is 17.7 Å². The first-order valence-corrected chi connectivity index (χ1v) is 9.91. The summed E-state index contributed by atoms with van der Waals surface area (Å²) in [5, 5.41) is 0.223. The van der Waals surface area contributed by atoms with E-state index in [9.17, 15) is 26.3 Å². The van der Waals surface area contributed by atoms with Crippen LogP contribution in [0.2, 0.25) is 0 Å². The van der Waals surface area contributed by atoms with Gasteiger partial charge in [0.2, 0.25) is 0 Å². The van der Waals surface area contributed by atoms with Gasteiger partial charge in [-0.2, -0.15) is 26.3 Å². The van der Waals surface area contributed by atoms with Crippen LogP contribution in [-0.2, 0) is 17.7 Å². The lowest BCUT2D eigenvalue weighted by molar-refractivity contribution is -0.138. The van der Waals surface area contributed by atoms with E-state index in [2.05, 4.69) is 20.9 Å². The lowest BCUT2D eigenvalue weighted by Crippen LogP contribution is -2.38. The molecule has 1 saturated heterocycles. The normalized spacial score (nSPS) is 16.2. The Hall–Kier alpha value is -1.97. The number of ether oxygens (including phenoxy) is 1. The van der Waals surface area contributed by atoms with Gasteiger partial charge in [0.25, 0.3) is 0 Å². The van der Waals surface area contributed by atoms with Gasteiger partial charge in [0, 0.05) is 43.0 Å². The van der Waals surface area contributed by atoms with Crippen molar-refractivity contribution in [2.45, 2.75) is 36.6 Å². The minimum absolute atomic E-state index is 0.199. The average Bonchev–Trinajstić information content (AvgIpc) is 2.67. The van der Waals surface area contributed by atoms with Crippen molar-refractivity contribution in [3.05, 3.63) is 53.2 Å². The maximum atomic E-state index is 12.9. The maximum Gasteiger partial charge on any atom is 0.417 e. The summed E-state index contributed by atoms with van der Waals surface area (Å²) in [7, 11) is 0. The number of pyridine rings is 1. The van der Waals surface area contributed by atoms with Crippen LogP contribution in [0.25, 0.3) is 0 Å². The fourth-order valence-electron chi connectivity index (χ4n) is 3.10. The van der Waals surface area contributed by atoms with Gasteiger partial charge in [-0.25, -0.2) is 4.98 Å². The van der Waals surface area contributed by atoms with E-state index in [1.54, 1.807) is 0 Å². The Morgan fingerprint density at radius 3 is 2.10 bits per heavy atom. The molecule has 158 valence electrons. The number of anilines is 1. The molecule has 0 radical (unpaired) electrons. The highest BCUT2D eigenvalue weighted by molar-refractivity contribution is 9.08. The molecular formula is C19H17BrF6N2O. The van der Waals surface area contributed by atoms with Crippen LogP contribution in [0.5, 0.6) is 5.75 Å². The summed E-state index contributed by atoms with van der Waals surface area (Å²) >= 11 is 3.19. The summed E-state index contributed by atoms with van der Waals surface area (Å²) < 4.78 is 82.4. The molecule has 1 aromatic heterocycles. The molecule has 3 nitrogen and oxygen atoms in total. The van der Waals surface area contributed by atoms with Crippen molar-refractivity contribution in [1.82, 2.24) is 4.98 Å². The third-order valence-electron chi connectivity index (χ3n) is 4.67. The zero-order valence-corrected chi connectivity index (χ0v) is 16.6. The number of rotatable bonds is 4. The summed E-state index contributed by atoms with van der Waals surface area (Å²) in [6.45, 7) is 1.04. The number of piperidine rings is 1. The van der Waals surface area contributed by atoms with Crippen LogP contribution >= 0.6 is 15.9 Å². The minimum Gasteiger partial charge on any atom is -0.490 e.